The van der Waals surface area contributed by atoms with Crippen LogP contribution in [0.25, 0.3) is 0 Å². The number of rotatable bonds is 2. The van der Waals surface area contributed by atoms with Crippen LogP contribution in [0.4, 0.5) is 11.4 Å². The van der Waals surface area contributed by atoms with Gasteiger partial charge in [-0.15, -0.1) is 0 Å². The molecule has 0 amide bonds. The minimum absolute atomic E-state index is 0.674. The lowest BCUT2D eigenvalue weighted by Gasteiger charge is -2.19. The molecule has 0 fully saturated rings. The Hall–Kier alpha value is -2.34. The van der Waals surface area contributed by atoms with Crippen molar-refractivity contribution in [1.82, 2.24) is 4.98 Å². The maximum Gasteiger partial charge on any atom is 0.0991 e. The van der Waals surface area contributed by atoms with E-state index < -0.39 is 0 Å². The third-order valence-corrected chi connectivity index (χ3v) is 2.65. The molecule has 3 nitrogen and oxygen atoms in total. The summed E-state index contributed by atoms with van der Waals surface area (Å²) in [6, 6.07) is 13.6. The number of pyridine rings is 1. The van der Waals surface area contributed by atoms with Crippen molar-refractivity contribution in [3.8, 4) is 6.07 Å². The van der Waals surface area contributed by atoms with E-state index in [0.717, 1.165) is 17.1 Å². The Labute approximate surface area is 101 Å². The van der Waals surface area contributed by atoms with Gasteiger partial charge in [-0.25, -0.2) is 0 Å². The molecule has 0 aliphatic carbocycles. The number of benzene rings is 1. The van der Waals surface area contributed by atoms with E-state index in [1.54, 1.807) is 6.20 Å². The zero-order valence-electron chi connectivity index (χ0n) is 9.88. The van der Waals surface area contributed by atoms with E-state index in [9.17, 15) is 0 Å². The van der Waals surface area contributed by atoms with Crippen molar-refractivity contribution in [2.24, 2.45) is 0 Å². The second-order valence-electron chi connectivity index (χ2n) is 3.87. The first kappa shape index (κ1) is 11.2. The summed E-state index contributed by atoms with van der Waals surface area (Å²) >= 11 is 0. The Balaban J connectivity index is 2.30. The Morgan fingerprint density at radius 3 is 2.41 bits per heavy atom. The van der Waals surface area contributed by atoms with Gasteiger partial charge in [0.2, 0.25) is 0 Å². The summed E-state index contributed by atoms with van der Waals surface area (Å²) in [6.45, 7) is 1.97. The number of anilines is 2. The normalized spacial score (nSPS) is 9.71. The highest BCUT2D eigenvalue weighted by Gasteiger charge is 2.04. The first-order chi connectivity index (χ1) is 8.20. The number of aryl methyl sites for hydroxylation is 1. The fourth-order valence-corrected chi connectivity index (χ4v) is 1.65. The smallest absolute Gasteiger partial charge is 0.0991 e. The molecule has 0 saturated heterocycles. The molecule has 1 heterocycles. The number of nitriles is 1. The van der Waals surface area contributed by atoms with E-state index in [1.807, 2.05) is 50.4 Å². The van der Waals surface area contributed by atoms with Crippen molar-refractivity contribution in [3.05, 3.63) is 53.9 Å². The topological polar surface area (TPSA) is 39.9 Å². The molecule has 3 heteroatoms. The molecule has 1 aromatic heterocycles. The molecule has 0 atom stereocenters. The van der Waals surface area contributed by atoms with Gasteiger partial charge in [0, 0.05) is 30.3 Å². The van der Waals surface area contributed by atoms with Gasteiger partial charge in [0.15, 0.2) is 0 Å². The van der Waals surface area contributed by atoms with E-state index in [2.05, 4.69) is 16.0 Å². The number of hydrogen-bond acceptors (Lipinski definition) is 3. The Bertz CT molecular complexity index is 552. The van der Waals surface area contributed by atoms with Gasteiger partial charge in [0.1, 0.15) is 0 Å². The molecule has 0 aliphatic rings. The highest BCUT2D eigenvalue weighted by atomic mass is 15.1. The summed E-state index contributed by atoms with van der Waals surface area (Å²) in [5.74, 6) is 0. The Kier molecular flexibility index (Phi) is 3.06. The van der Waals surface area contributed by atoms with Crippen LogP contribution in [0.5, 0.6) is 0 Å². The van der Waals surface area contributed by atoms with Crippen LogP contribution in [0.2, 0.25) is 0 Å². The molecule has 0 unspecified atom stereocenters. The number of nitrogens with zero attached hydrogens (tertiary/aromatic N) is 3. The molecular weight excluding hydrogens is 210 g/mol. The Morgan fingerprint density at radius 1 is 1.12 bits per heavy atom. The third kappa shape index (κ3) is 2.43. The van der Waals surface area contributed by atoms with Crippen molar-refractivity contribution in [2.45, 2.75) is 6.92 Å². The minimum Gasteiger partial charge on any atom is -0.345 e. The van der Waals surface area contributed by atoms with Crippen molar-refractivity contribution in [1.29, 1.82) is 5.26 Å². The lowest BCUT2D eigenvalue weighted by molar-refractivity contribution is 1.14. The van der Waals surface area contributed by atoms with Crippen LogP contribution in [0.1, 0.15) is 11.3 Å². The lowest BCUT2D eigenvalue weighted by atomic mass is 10.2. The predicted molar refractivity (Wildman–Crippen MR) is 68.2 cm³/mol. The maximum absolute atomic E-state index is 8.75. The molecule has 0 saturated carbocycles. The zero-order valence-corrected chi connectivity index (χ0v) is 9.88. The summed E-state index contributed by atoms with van der Waals surface area (Å²) in [6.07, 6.45) is 1.80. The largest absolute Gasteiger partial charge is 0.345 e. The summed E-state index contributed by atoms with van der Waals surface area (Å²) in [4.78, 5) is 6.24. The highest BCUT2D eigenvalue weighted by Crippen LogP contribution is 2.23. The monoisotopic (exact) mass is 223 g/mol. The van der Waals surface area contributed by atoms with Gasteiger partial charge in [-0.1, -0.05) is 0 Å². The maximum atomic E-state index is 8.75. The second kappa shape index (κ2) is 4.67. The van der Waals surface area contributed by atoms with Gasteiger partial charge in [-0.05, 0) is 43.3 Å². The van der Waals surface area contributed by atoms with E-state index in [4.69, 9.17) is 5.26 Å². The van der Waals surface area contributed by atoms with E-state index in [1.165, 1.54) is 0 Å². The van der Waals surface area contributed by atoms with Crippen LogP contribution < -0.4 is 4.90 Å². The van der Waals surface area contributed by atoms with Gasteiger partial charge < -0.3 is 4.90 Å². The van der Waals surface area contributed by atoms with Crippen LogP contribution in [0, 0.1) is 18.3 Å². The second-order valence-corrected chi connectivity index (χ2v) is 3.87. The van der Waals surface area contributed by atoms with E-state index in [-0.39, 0.29) is 0 Å². The van der Waals surface area contributed by atoms with Crippen molar-refractivity contribution in [3.63, 3.8) is 0 Å². The average Bonchev–Trinajstić information content (AvgIpc) is 2.38. The van der Waals surface area contributed by atoms with E-state index >= 15 is 0 Å². The molecule has 2 aromatic rings. The van der Waals surface area contributed by atoms with Crippen molar-refractivity contribution in [2.75, 3.05) is 11.9 Å². The molecule has 0 N–H and O–H groups in total. The predicted octanol–water partition coefficient (Wildman–Crippen LogP) is 3.03. The highest BCUT2D eigenvalue weighted by molar-refractivity contribution is 5.63. The molecule has 0 aliphatic heterocycles. The van der Waals surface area contributed by atoms with Crippen LogP contribution >= 0.6 is 0 Å². The van der Waals surface area contributed by atoms with Gasteiger partial charge >= 0.3 is 0 Å². The fourth-order valence-electron chi connectivity index (χ4n) is 1.65. The standard InChI is InChI=1S/C14H13N3/c1-11-9-14(7-8-16-11)17(2)13-5-3-12(10-15)4-6-13/h3-9H,1-2H3. The van der Waals surface area contributed by atoms with Gasteiger partial charge in [-0.2, -0.15) is 5.26 Å². The number of hydrogen-bond donors (Lipinski definition) is 0. The molecule has 0 radical (unpaired) electrons. The lowest BCUT2D eigenvalue weighted by Crippen LogP contribution is -2.09. The van der Waals surface area contributed by atoms with Crippen molar-refractivity contribution >= 4 is 11.4 Å². The summed E-state index contributed by atoms with van der Waals surface area (Å²) < 4.78 is 0. The van der Waals surface area contributed by atoms with Crippen LogP contribution in [-0.4, -0.2) is 12.0 Å². The summed E-state index contributed by atoms with van der Waals surface area (Å²) in [7, 11) is 2.00. The molecule has 0 spiro atoms. The number of aromatic nitrogens is 1. The molecule has 2 rings (SSSR count). The quantitative estimate of drug-likeness (QED) is 0.785. The SMILES string of the molecule is Cc1cc(N(C)c2ccc(C#N)cc2)ccn1. The fraction of sp³-hybridized carbons (Fsp3) is 0.143. The van der Waals surface area contributed by atoms with Gasteiger partial charge in [0.05, 0.1) is 11.6 Å². The summed E-state index contributed by atoms with van der Waals surface area (Å²) in [5.41, 5.74) is 3.80. The molecular formula is C14H13N3. The minimum atomic E-state index is 0.674. The Morgan fingerprint density at radius 2 is 1.82 bits per heavy atom. The molecule has 84 valence electrons. The zero-order chi connectivity index (χ0) is 12.3. The van der Waals surface area contributed by atoms with E-state index in [0.29, 0.717) is 5.56 Å². The summed E-state index contributed by atoms with van der Waals surface area (Å²) in [5, 5.41) is 8.75. The van der Waals surface area contributed by atoms with Crippen LogP contribution in [0.3, 0.4) is 0 Å². The first-order valence-corrected chi connectivity index (χ1v) is 5.37. The van der Waals surface area contributed by atoms with Gasteiger partial charge in [-0.3, -0.25) is 4.98 Å². The first-order valence-electron chi connectivity index (χ1n) is 5.37. The van der Waals surface area contributed by atoms with Crippen LogP contribution in [-0.2, 0) is 0 Å². The third-order valence-electron chi connectivity index (χ3n) is 2.65. The molecule has 17 heavy (non-hydrogen) atoms. The molecule has 0 bridgehead atoms. The molecule has 1 aromatic carbocycles. The van der Waals surface area contributed by atoms with Gasteiger partial charge in [0.25, 0.3) is 0 Å². The van der Waals surface area contributed by atoms with Crippen molar-refractivity contribution < 1.29 is 0 Å². The average molecular weight is 223 g/mol. The van der Waals surface area contributed by atoms with Crippen LogP contribution in [0.15, 0.2) is 42.6 Å².